The Labute approximate surface area is 120 Å². The number of nitrogens with one attached hydrogen (secondary N) is 2. The fourth-order valence-electron chi connectivity index (χ4n) is 2.53. The lowest BCUT2D eigenvalue weighted by molar-refractivity contribution is 0.0682. The average Bonchev–Trinajstić information content (AvgIpc) is 2.40. The van der Waals surface area contributed by atoms with Crippen molar-refractivity contribution in [2.24, 2.45) is 0 Å². The first-order valence-corrected chi connectivity index (χ1v) is 8.72. The Morgan fingerprint density at radius 1 is 1.05 bits per heavy atom. The molecule has 0 saturated heterocycles. The van der Waals surface area contributed by atoms with Crippen LogP contribution in [-0.2, 0) is 14.8 Å². The van der Waals surface area contributed by atoms with Crippen LogP contribution in [0.2, 0.25) is 0 Å². The van der Waals surface area contributed by atoms with Crippen molar-refractivity contribution in [2.75, 3.05) is 23.4 Å². The summed E-state index contributed by atoms with van der Waals surface area (Å²) in [6.45, 7) is 0. The summed E-state index contributed by atoms with van der Waals surface area (Å²) in [5.41, 5.74) is 1.60. The lowest BCUT2D eigenvalue weighted by Crippen LogP contribution is -2.29. The van der Waals surface area contributed by atoms with E-state index in [1.807, 2.05) is 12.1 Å². The Morgan fingerprint density at radius 3 is 2.10 bits per heavy atom. The minimum atomic E-state index is -3.21. The molecule has 1 aliphatic rings. The van der Waals surface area contributed by atoms with Crippen molar-refractivity contribution >= 4 is 21.4 Å². The van der Waals surface area contributed by atoms with Crippen LogP contribution in [-0.4, -0.2) is 33.9 Å². The molecular weight excluding hydrogens is 276 g/mol. The lowest BCUT2D eigenvalue weighted by atomic mass is 9.93. The molecule has 0 radical (unpaired) electrons. The molecule has 5 nitrogen and oxygen atoms in total. The largest absolute Gasteiger partial charge is 0.382 e. The number of ether oxygens (including phenoxy) is 1. The van der Waals surface area contributed by atoms with Crippen molar-refractivity contribution in [1.82, 2.24) is 0 Å². The second-order valence-corrected chi connectivity index (χ2v) is 7.05. The predicted octanol–water partition coefficient (Wildman–Crippen LogP) is 2.43. The third-order valence-corrected chi connectivity index (χ3v) is 4.17. The Morgan fingerprint density at radius 2 is 1.60 bits per heavy atom. The second kappa shape index (κ2) is 6.45. The monoisotopic (exact) mass is 298 g/mol. The number of rotatable bonds is 5. The maximum Gasteiger partial charge on any atom is 0.229 e. The molecule has 6 heteroatoms. The molecule has 0 heterocycles. The van der Waals surface area contributed by atoms with Gasteiger partial charge in [0, 0.05) is 24.5 Å². The summed E-state index contributed by atoms with van der Waals surface area (Å²) >= 11 is 0. The van der Waals surface area contributed by atoms with Crippen molar-refractivity contribution in [1.29, 1.82) is 0 Å². The van der Waals surface area contributed by atoms with E-state index in [4.69, 9.17) is 4.74 Å². The van der Waals surface area contributed by atoms with Gasteiger partial charge in [-0.25, -0.2) is 8.42 Å². The lowest BCUT2D eigenvalue weighted by Gasteiger charge is -2.28. The van der Waals surface area contributed by atoms with Crippen molar-refractivity contribution in [3.63, 3.8) is 0 Å². The smallest absolute Gasteiger partial charge is 0.229 e. The van der Waals surface area contributed by atoms with Crippen LogP contribution in [0.25, 0.3) is 0 Å². The maximum absolute atomic E-state index is 11.1. The van der Waals surface area contributed by atoms with Crippen molar-refractivity contribution < 1.29 is 13.2 Å². The van der Waals surface area contributed by atoms with Gasteiger partial charge in [0.1, 0.15) is 0 Å². The quantitative estimate of drug-likeness (QED) is 0.876. The fourth-order valence-corrected chi connectivity index (χ4v) is 3.09. The first-order valence-electron chi connectivity index (χ1n) is 6.83. The zero-order valence-electron chi connectivity index (χ0n) is 11.9. The van der Waals surface area contributed by atoms with E-state index < -0.39 is 10.0 Å². The number of hydrogen-bond donors (Lipinski definition) is 2. The second-order valence-electron chi connectivity index (χ2n) is 5.31. The Kier molecular flexibility index (Phi) is 4.88. The molecule has 2 rings (SSSR count). The third kappa shape index (κ3) is 4.68. The van der Waals surface area contributed by atoms with E-state index in [9.17, 15) is 8.42 Å². The molecule has 112 valence electrons. The van der Waals surface area contributed by atoms with Crippen molar-refractivity contribution in [3.8, 4) is 0 Å². The molecule has 1 saturated carbocycles. The van der Waals surface area contributed by atoms with Crippen LogP contribution in [0.3, 0.4) is 0 Å². The van der Waals surface area contributed by atoms with Crippen LogP contribution < -0.4 is 10.0 Å². The maximum atomic E-state index is 11.1. The number of anilines is 2. The van der Waals surface area contributed by atoms with Gasteiger partial charge in [-0.2, -0.15) is 0 Å². The summed E-state index contributed by atoms with van der Waals surface area (Å²) in [6, 6.07) is 7.80. The summed E-state index contributed by atoms with van der Waals surface area (Å²) in [4.78, 5) is 0. The summed E-state index contributed by atoms with van der Waals surface area (Å²) < 4.78 is 30.1. The average molecular weight is 298 g/mol. The van der Waals surface area contributed by atoms with Gasteiger partial charge in [-0.15, -0.1) is 0 Å². The molecule has 20 heavy (non-hydrogen) atoms. The summed E-state index contributed by atoms with van der Waals surface area (Å²) in [7, 11) is -1.44. The Balaban J connectivity index is 1.88. The molecule has 2 N–H and O–H groups in total. The number of benzene rings is 1. The zero-order chi connectivity index (χ0) is 14.6. The van der Waals surface area contributed by atoms with Crippen LogP contribution in [0.5, 0.6) is 0 Å². The van der Waals surface area contributed by atoms with E-state index in [1.165, 1.54) is 0 Å². The highest BCUT2D eigenvalue weighted by Crippen LogP contribution is 2.24. The number of sulfonamides is 1. The molecule has 0 aliphatic heterocycles. The van der Waals surface area contributed by atoms with Gasteiger partial charge in [0.25, 0.3) is 0 Å². The third-order valence-electron chi connectivity index (χ3n) is 3.57. The topological polar surface area (TPSA) is 67.4 Å². The number of methoxy groups -OCH3 is 1. The van der Waals surface area contributed by atoms with Crippen LogP contribution >= 0.6 is 0 Å². The zero-order valence-corrected chi connectivity index (χ0v) is 12.7. The Hall–Kier alpha value is -1.27. The highest BCUT2D eigenvalue weighted by atomic mass is 32.2. The van der Waals surface area contributed by atoms with Crippen molar-refractivity contribution in [2.45, 2.75) is 37.8 Å². The van der Waals surface area contributed by atoms with Gasteiger partial charge in [0.05, 0.1) is 12.4 Å². The summed E-state index contributed by atoms with van der Waals surface area (Å²) in [5.74, 6) is 0. The molecule has 0 bridgehead atoms. The van der Waals surface area contributed by atoms with E-state index in [-0.39, 0.29) is 0 Å². The van der Waals surface area contributed by atoms with E-state index in [2.05, 4.69) is 10.0 Å². The number of hydrogen-bond acceptors (Lipinski definition) is 4. The van der Waals surface area contributed by atoms with E-state index >= 15 is 0 Å². The molecular formula is C14H22N2O3S. The minimum Gasteiger partial charge on any atom is -0.382 e. The molecule has 0 unspecified atom stereocenters. The van der Waals surface area contributed by atoms with E-state index in [1.54, 1.807) is 19.2 Å². The standard InChI is InChI=1S/C14H22N2O3S/c1-19-14-9-7-12(8-10-14)15-11-3-5-13(6-4-11)16-20(2,17)18/h3-6,12,14-16H,7-10H2,1-2H3. The highest BCUT2D eigenvalue weighted by molar-refractivity contribution is 7.92. The van der Waals surface area contributed by atoms with Crippen molar-refractivity contribution in [3.05, 3.63) is 24.3 Å². The van der Waals surface area contributed by atoms with Gasteiger partial charge < -0.3 is 10.1 Å². The summed E-state index contributed by atoms with van der Waals surface area (Å²) in [5, 5.41) is 3.48. The highest BCUT2D eigenvalue weighted by Gasteiger charge is 2.20. The predicted molar refractivity (Wildman–Crippen MR) is 81.6 cm³/mol. The molecule has 0 atom stereocenters. The molecule has 1 fully saturated rings. The minimum absolute atomic E-state index is 0.398. The van der Waals surface area contributed by atoms with Crippen LogP contribution in [0.1, 0.15) is 25.7 Å². The molecule has 1 aromatic rings. The van der Waals surface area contributed by atoms with Gasteiger partial charge in [0.15, 0.2) is 0 Å². The molecule has 0 amide bonds. The van der Waals surface area contributed by atoms with Gasteiger partial charge in [-0.1, -0.05) is 0 Å². The molecule has 1 aliphatic carbocycles. The first-order chi connectivity index (χ1) is 9.46. The van der Waals surface area contributed by atoms with Gasteiger partial charge in [0.2, 0.25) is 10.0 Å². The van der Waals surface area contributed by atoms with E-state index in [0.717, 1.165) is 37.6 Å². The Bertz CT molecular complexity index is 520. The summed E-state index contributed by atoms with van der Waals surface area (Å²) in [6.07, 6.45) is 5.91. The van der Waals surface area contributed by atoms with Crippen LogP contribution in [0.4, 0.5) is 11.4 Å². The van der Waals surface area contributed by atoms with Crippen LogP contribution in [0.15, 0.2) is 24.3 Å². The fraction of sp³-hybridized carbons (Fsp3) is 0.571. The van der Waals surface area contributed by atoms with Crippen LogP contribution in [0, 0.1) is 0 Å². The molecule has 0 aromatic heterocycles. The molecule has 0 spiro atoms. The van der Waals surface area contributed by atoms with E-state index in [0.29, 0.717) is 17.8 Å². The van der Waals surface area contributed by atoms with Gasteiger partial charge >= 0.3 is 0 Å². The normalized spacial score (nSPS) is 23.3. The SMILES string of the molecule is COC1CCC(Nc2ccc(NS(C)(=O)=O)cc2)CC1. The van der Waals surface area contributed by atoms with Gasteiger partial charge in [-0.3, -0.25) is 4.72 Å². The first kappa shape index (κ1) is 15.1. The molecule has 1 aromatic carbocycles. The van der Waals surface area contributed by atoms with Gasteiger partial charge in [-0.05, 0) is 49.9 Å².